The van der Waals surface area contributed by atoms with Crippen LogP contribution in [0.25, 0.3) is 0 Å². The number of rotatable bonds is 7. The molecule has 1 aromatic heterocycles. The summed E-state index contributed by atoms with van der Waals surface area (Å²) < 4.78 is 56.2. The van der Waals surface area contributed by atoms with Crippen LogP contribution in [0.5, 0.6) is 0 Å². The van der Waals surface area contributed by atoms with Gasteiger partial charge in [-0.3, -0.25) is 0 Å². The third kappa shape index (κ3) is 4.41. The van der Waals surface area contributed by atoms with Gasteiger partial charge >= 0.3 is 0 Å². The second kappa shape index (κ2) is 7.74. The normalized spacial score (nSPS) is 14.0. The van der Waals surface area contributed by atoms with Crippen LogP contribution in [0.2, 0.25) is 0 Å². The Bertz CT molecular complexity index is 1060. The van der Waals surface area contributed by atoms with Gasteiger partial charge in [-0.1, -0.05) is 23.8 Å². The number of benzene rings is 2. The highest BCUT2D eigenvalue weighted by molar-refractivity contribution is 7.89. The number of nitrogens with zero attached hydrogens (tertiary/aromatic N) is 3. The Hall–Kier alpha value is -2.69. The maximum Gasteiger partial charge on any atom is 0.240 e. The van der Waals surface area contributed by atoms with Crippen molar-refractivity contribution in [3.8, 4) is 0 Å². The zero-order valence-electron chi connectivity index (χ0n) is 14.9. The molecule has 28 heavy (non-hydrogen) atoms. The van der Waals surface area contributed by atoms with Crippen LogP contribution >= 0.6 is 0 Å². The Morgan fingerprint density at radius 3 is 2.50 bits per heavy atom. The van der Waals surface area contributed by atoms with Crippen molar-refractivity contribution in [3.05, 3.63) is 77.9 Å². The summed E-state index contributed by atoms with van der Waals surface area (Å²) in [4.78, 5) is 3.75. The van der Waals surface area contributed by atoms with Crippen molar-refractivity contribution in [1.82, 2.24) is 19.5 Å². The van der Waals surface area contributed by atoms with E-state index in [1.54, 1.807) is 12.1 Å². The summed E-state index contributed by atoms with van der Waals surface area (Å²) in [5, 5.41) is 15.0. The molecule has 2 N–H and O–H groups in total. The van der Waals surface area contributed by atoms with E-state index in [4.69, 9.17) is 0 Å². The number of aliphatic hydroxyl groups is 1. The zero-order valence-corrected chi connectivity index (χ0v) is 15.7. The minimum atomic E-state index is -3.97. The minimum Gasteiger partial charge on any atom is -0.382 e. The molecule has 0 aliphatic rings. The number of nitrogens with one attached hydrogen (secondary N) is 1. The molecule has 0 aliphatic heterocycles. The Labute approximate surface area is 160 Å². The lowest BCUT2D eigenvalue weighted by molar-refractivity contribution is 0.0169. The molecule has 0 amide bonds. The molecule has 3 rings (SSSR count). The second-order valence-electron chi connectivity index (χ2n) is 6.39. The number of hydrogen-bond acceptors (Lipinski definition) is 5. The molecule has 0 spiro atoms. The summed E-state index contributed by atoms with van der Waals surface area (Å²) in [5.41, 5.74) is -1.42. The predicted octanol–water partition coefficient (Wildman–Crippen LogP) is 1.73. The van der Waals surface area contributed by atoms with Crippen LogP contribution in [0, 0.1) is 18.6 Å². The maximum atomic E-state index is 14.3. The lowest BCUT2D eigenvalue weighted by Crippen LogP contribution is -2.44. The number of hydrogen-bond donors (Lipinski definition) is 2. The summed E-state index contributed by atoms with van der Waals surface area (Å²) in [7, 11) is -3.97. The van der Waals surface area contributed by atoms with E-state index in [1.165, 1.54) is 29.5 Å². The average molecular weight is 408 g/mol. The molecule has 2 aromatic carbocycles. The predicted molar refractivity (Wildman–Crippen MR) is 96.6 cm³/mol. The van der Waals surface area contributed by atoms with Gasteiger partial charge in [-0.2, -0.15) is 5.10 Å². The number of aromatic nitrogens is 3. The molecule has 3 aromatic rings. The van der Waals surface area contributed by atoms with E-state index in [0.29, 0.717) is 6.07 Å². The molecule has 0 aliphatic carbocycles. The zero-order chi connectivity index (χ0) is 20.4. The smallest absolute Gasteiger partial charge is 0.240 e. The first kappa shape index (κ1) is 20.1. The van der Waals surface area contributed by atoms with Crippen LogP contribution in [0.3, 0.4) is 0 Å². The molecular weight excluding hydrogens is 390 g/mol. The van der Waals surface area contributed by atoms with Crippen molar-refractivity contribution in [2.45, 2.75) is 24.0 Å². The molecule has 0 fully saturated rings. The van der Waals surface area contributed by atoms with Gasteiger partial charge in [0, 0.05) is 18.2 Å². The quantitative estimate of drug-likeness (QED) is 0.621. The average Bonchev–Trinajstić information content (AvgIpc) is 3.13. The Balaban J connectivity index is 1.92. The third-order valence-electron chi connectivity index (χ3n) is 4.21. The van der Waals surface area contributed by atoms with E-state index >= 15 is 0 Å². The summed E-state index contributed by atoms with van der Waals surface area (Å²) in [5.74, 6) is -1.82. The van der Waals surface area contributed by atoms with Crippen LogP contribution < -0.4 is 4.72 Å². The SMILES string of the molecule is Cc1ccc(S(=O)(=O)NCC(O)(Cn2cncn2)c2ccc(F)cc2F)cc1. The van der Waals surface area contributed by atoms with E-state index in [2.05, 4.69) is 14.8 Å². The Morgan fingerprint density at radius 1 is 1.18 bits per heavy atom. The van der Waals surface area contributed by atoms with Crippen molar-refractivity contribution < 1.29 is 22.3 Å². The summed E-state index contributed by atoms with van der Waals surface area (Å²) >= 11 is 0. The molecule has 0 radical (unpaired) electrons. The molecule has 1 atom stereocenters. The molecule has 1 unspecified atom stereocenters. The maximum absolute atomic E-state index is 14.3. The highest BCUT2D eigenvalue weighted by atomic mass is 32.2. The molecule has 7 nitrogen and oxygen atoms in total. The Kier molecular flexibility index (Phi) is 5.54. The molecule has 0 saturated heterocycles. The largest absolute Gasteiger partial charge is 0.382 e. The van der Waals surface area contributed by atoms with E-state index in [-0.39, 0.29) is 17.0 Å². The molecule has 148 valence electrons. The monoisotopic (exact) mass is 408 g/mol. The molecule has 1 heterocycles. The first-order chi connectivity index (χ1) is 13.2. The van der Waals surface area contributed by atoms with Crippen molar-refractivity contribution >= 4 is 10.0 Å². The minimum absolute atomic E-state index is 0.000726. The molecule has 0 saturated carbocycles. The lowest BCUT2D eigenvalue weighted by atomic mass is 9.93. The van der Waals surface area contributed by atoms with Crippen molar-refractivity contribution in [3.63, 3.8) is 0 Å². The van der Waals surface area contributed by atoms with Crippen LogP contribution in [0.4, 0.5) is 8.78 Å². The van der Waals surface area contributed by atoms with Crippen LogP contribution in [0.15, 0.2) is 60.0 Å². The van der Waals surface area contributed by atoms with Gasteiger partial charge < -0.3 is 5.11 Å². The van der Waals surface area contributed by atoms with Gasteiger partial charge in [-0.15, -0.1) is 0 Å². The summed E-state index contributed by atoms with van der Waals surface area (Å²) in [6.45, 7) is 0.954. The number of aryl methyl sites for hydroxylation is 1. The van der Waals surface area contributed by atoms with Gasteiger partial charge in [0.1, 0.15) is 29.9 Å². The van der Waals surface area contributed by atoms with Crippen molar-refractivity contribution in [2.24, 2.45) is 0 Å². The van der Waals surface area contributed by atoms with Gasteiger partial charge in [0.15, 0.2) is 0 Å². The Morgan fingerprint density at radius 2 is 1.89 bits per heavy atom. The van der Waals surface area contributed by atoms with Crippen LogP contribution in [-0.2, 0) is 22.2 Å². The molecule has 0 bridgehead atoms. The molecule has 10 heteroatoms. The van der Waals surface area contributed by atoms with Crippen molar-refractivity contribution in [2.75, 3.05) is 6.54 Å². The van der Waals surface area contributed by atoms with Gasteiger partial charge in [0.2, 0.25) is 10.0 Å². The standard InChI is InChI=1S/C18H18F2N4O3S/c1-13-2-5-15(6-3-13)28(26,27)23-9-18(25,10-24-12-21-11-22-24)16-7-4-14(19)8-17(16)20/h2-8,11-12,23,25H,9-10H2,1H3. The second-order valence-corrected chi connectivity index (χ2v) is 8.15. The first-order valence-electron chi connectivity index (χ1n) is 8.26. The van der Waals surface area contributed by atoms with Gasteiger partial charge in [0.05, 0.1) is 11.4 Å². The summed E-state index contributed by atoms with van der Waals surface area (Å²) in [6, 6.07) is 8.79. The lowest BCUT2D eigenvalue weighted by Gasteiger charge is -2.29. The molecular formula is C18H18F2N4O3S. The number of halogens is 2. The van der Waals surface area contributed by atoms with Gasteiger partial charge in [-0.05, 0) is 25.1 Å². The van der Waals surface area contributed by atoms with Crippen molar-refractivity contribution in [1.29, 1.82) is 0 Å². The van der Waals surface area contributed by atoms with E-state index in [1.807, 2.05) is 6.92 Å². The fourth-order valence-corrected chi connectivity index (χ4v) is 3.79. The van der Waals surface area contributed by atoms with Gasteiger partial charge in [-0.25, -0.2) is 31.6 Å². The first-order valence-corrected chi connectivity index (χ1v) is 9.75. The van der Waals surface area contributed by atoms with Gasteiger partial charge in [0.25, 0.3) is 0 Å². The van der Waals surface area contributed by atoms with Crippen LogP contribution in [0.1, 0.15) is 11.1 Å². The topological polar surface area (TPSA) is 97.1 Å². The third-order valence-corrected chi connectivity index (χ3v) is 5.63. The van der Waals surface area contributed by atoms with E-state index < -0.39 is 33.8 Å². The summed E-state index contributed by atoms with van der Waals surface area (Å²) in [6.07, 6.45) is 2.51. The highest BCUT2D eigenvalue weighted by Crippen LogP contribution is 2.26. The fourth-order valence-electron chi connectivity index (χ4n) is 2.70. The highest BCUT2D eigenvalue weighted by Gasteiger charge is 2.35. The van der Waals surface area contributed by atoms with Crippen LogP contribution in [-0.4, -0.2) is 34.8 Å². The van der Waals surface area contributed by atoms with E-state index in [9.17, 15) is 22.3 Å². The fraction of sp³-hybridized carbons (Fsp3) is 0.222. The van der Waals surface area contributed by atoms with E-state index in [0.717, 1.165) is 17.7 Å². The number of sulfonamides is 1.